The van der Waals surface area contributed by atoms with Gasteiger partial charge in [-0.3, -0.25) is 14.3 Å². The lowest BCUT2D eigenvalue weighted by molar-refractivity contribution is -0.0652. The Morgan fingerprint density at radius 2 is 1.52 bits per heavy atom. The van der Waals surface area contributed by atoms with Crippen molar-refractivity contribution in [3.63, 3.8) is 0 Å². The summed E-state index contributed by atoms with van der Waals surface area (Å²) in [6, 6.07) is 18.0. The molecule has 4 rings (SSSR count). The van der Waals surface area contributed by atoms with E-state index in [4.69, 9.17) is 18.6 Å². The topological polar surface area (TPSA) is 91.8 Å². The molecule has 1 fully saturated rings. The van der Waals surface area contributed by atoms with Gasteiger partial charge in [-0.1, -0.05) is 84.0 Å². The van der Waals surface area contributed by atoms with Gasteiger partial charge in [0, 0.05) is 18.2 Å². The van der Waals surface area contributed by atoms with Crippen LogP contribution in [0.15, 0.2) is 70.4 Å². The molecule has 2 aromatic carbocycles. The van der Waals surface area contributed by atoms with Crippen molar-refractivity contribution in [1.29, 1.82) is 0 Å². The SMILES string of the molecule is Cc1cn([C@H]2C[C@H](O[Si](C(C)C)(C(C)C)C(C)C)[C@@H](COCc3ccc(OCc4ccccc4)cc3)O2)c(=O)[nH]c1=O. The molecule has 0 saturated carbocycles. The third-order valence-corrected chi connectivity index (χ3v) is 14.5. The van der Waals surface area contributed by atoms with Crippen LogP contribution in [0.5, 0.6) is 5.75 Å². The Bertz CT molecular complexity index is 1380. The Hall–Kier alpha value is -2.98. The molecule has 9 heteroatoms. The van der Waals surface area contributed by atoms with Crippen molar-refractivity contribution in [1.82, 2.24) is 9.55 Å². The zero-order valence-electron chi connectivity index (χ0n) is 26.0. The first-order chi connectivity index (χ1) is 20.0. The third-order valence-electron chi connectivity index (χ3n) is 8.42. The maximum Gasteiger partial charge on any atom is 0.330 e. The molecular formula is C33H46N2O6Si. The van der Waals surface area contributed by atoms with Crippen LogP contribution in [0.25, 0.3) is 0 Å². The van der Waals surface area contributed by atoms with Crippen LogP contribution in [-0.2, 0) is 27.1 Å². The Labute approximate surface area is 250 Å². The molecule has 3 aromatic rings. The van der Waals surface area contributed by atoms with Crippen LogP contribution in [0.4, 0.5) is 0 Å². The molecule has 0 unspecified atom stereocenters. The lowest BCUT2D eigenvalue weighted by atomic mass is 10.2. The fraction of sp³-hybridized carbons (Fsp3) is 0.515. The number of aromatic nitrogens is 2. The number of H-pyrrole nitrogens is 1. The minimum absolute atomic E-state index is 0.234. The molecule has 0 radical (unpaired) electrons. The quantitative estimate of drug-likeness (QED) is 0.228. The highest BCUT2D eigenvalue weighted by Gasteiger charge is 2.50. The van der Waals surface area contributed by atoms with Crippen LogP contribution in [0, 0.1) is 6.92 Å². The first-order valence-corrected chi connectivity index (χ1v) is 17.1. The summed E-state index contributed by atoms with van der Waals surface area (Å²) in [7, 11) is -2.24. The molecule has 2 heterocycles. The largest absolute Gasteiger partial charge is 0.489 e. The Morgan fingerprint density at radius 3 is 2.14 bits per heavy atom. The Kier molecular flexibility index (Phi) is 10.6. The average molecular weight is 595 g/mol. The van der Waals surface area contributed by atoms with Gasteiger partial charge in [-0.2, -0.15) is 0 Å². The first-order valence-electron chi connectivity index (χ1n) is 15.0. The summed E-state index contributed by atoms with van der Waals surface area (Å²) in [5.74, 6) is 0.803. The molecule has 0 bridgehead atoms. The third kappa shape index (κ3) is 7.32. The number of nitrogens with zero attached hydrogens (tertiary/aromatic N) is 1. The van der Waals surface area contributed by atoms with E-state index in [1.54, 1.807) is 13.1 Å². The Balaban J connectivity index is 1.46. The van der Waals surface area contributed by atoms with Gasteiger partial charge in [0.25, 0.3) is 5.56 Å². The number of hydrogen-bond acceptors (Lipinski definition) is 6. The van der Waals surface area contributed by atoms with Crippen LogP contribution in [-0.4, -0.2) is 36.7 Å². The number of aromatic amines is 1. The molecule has 1 aliphatic rings. The van der Waals surface area contributed by atoms with Crippen molar-refractivity contribution >= 4 is 8.32 Å². The predicted octanol–water partition coefficient (Wildman–Crippen LogP) is 6.49. The average Bonchev–Trinajstić information content (AvgIpc) is 3.35. The summed E-state index contributed by atoms with van der Waals surface area (Å²) in [6.07, 6.45) is 0.942. The van der Waals surface area contributed by atoms with Gasteiger partial charge < -0.3 is 18.6 Å². The van der Waals surface area contributed by atoms with E-state index in [0.717, 1.165) is 16.9 Å². The molecule has 42 heavy (non-hydrogen) atoms. The molecule has 228 valence electrons. The van der Waals surface area contributed by atoms with Gasteiger partial charge in [0.05, 0.1) is 19.3 Å². The molecule has 1 N–H and O–H groups in total. The lowest BCUT2D eigenvalue weighted by Gasteiger charge is -2.44. The summed E-state index contributed by atoms with van der Waals surface area (Å²) in [4.78, 5) is 27.1. The van der Waals surface area contributed by atoms with Gasteiger partial charge in [0.15, 0.2) is 0 Å². The first kappa shape index (κ1) is 31.9. The van der Waals surface area contributed by atoms with E-state index in [2.05, 4.69) is 46.5 Å². The van der Waals surface area contributed by atoms with Gasteiger partial charge in [-0.05, 0) is 46.8 Å². The number of aryl methyl sites for hydroxylation is 1. The predicted molar refractivity (Wildman–Crippen MR) is 167 cm³/mol. The monoisotopic (exact) mass is 594 g/mol. The van der Waals surface area contributed by atoms with Crippen LogP contribution < -0.4 is 16.0 Å². The fourth-order valence-corrected chi connectivity index (χ4v) is 11.9. The number of benzene rings is 2. The van der Waals surface area contributed by atoms with E-state index in [1.165, 1.54) is 4.57 Å². The molecular weight excluding hydrogens is 548 g/mol. The van der Waals surface area contributed by atoms with Crippen LogP contribution in [0.3, 0.4) is 0 Å². The minimum atomic E-state index is -2.24. The number of nitrogens with one attached hydrogen (secondary N) is 1. The van der Waals surface area contributed by atoms with Crippen molar-refractivity contribution in [3.05, 3.63) is 98.3 Å². The molecule has 8 nitrogen and oxygen atoms in total. The number of rotatable bonds is 13. The van der Waals surface area contributed by atoms with Crippen molar-refractivity contribution in [2.45, 2.75) is 103 Å². The van der Waals surface area contributed by atoms with E-state index in [-0.39, 0.29) is 17.8 Å². The summed E-state index contributed by atoms with van der Waals surface area (Å²) in [5.41, 5.74) is 2.94. The van der Waals surface area contributed by atoms with E-state index in [0.29, 0.717) is 48.4 Å². The highest BCUT2D eigenvalue weighted by atomic mass is 28.4. The zero-order valence-corrected chi connectivity index (χ0v) is 27.0. The second-order valence-electron chi connectivity index (χ2n) is 12.3. The zero-order chi connectivity index (χ0) is 30.4. The summed E-state index contributed by atoms with van der Waals surface area (Å²) >= 11 is 0. The van der Waals surface area contributed by atoms with E-state index in [1.807, 2.05) is 54.6 Å². The summed E-state index contributed by atoms with van der Waals surface area (Å²) in [5, 5.41) is 0. The van der Waals surface area contributed by atoms with Gasteiger partial charge in [-0.25, -0.2) is 4.79 Å². The Morgan fingerprint density at radius 1 is 0.905 bits per heavy atom. The summed E-state index contributed by atoms with van der Waals surface area (Å²) < 4.78 is 27.2. The molecule has 0 spiro atoms. The molecule has 1 saturated heterocycles. The van der Waals surface area contributed by atoms with Crippen LogP contribution >= 0.6 is 0 Å². The lowest BCUT2D eigenvalue weighted by Crippen LogP contribution is -2.52. The summed E-state index contributed by atoms with van der Waals surface area (Å²) in [6.45, 7) is 16.5. The number of ether oxygens (including phenoxy) is 3. The second kappa shape index (κ2) is 14.0. The minimum Gasteiger partial charge on any atom is -0.489 e. The smallest absolute Gasteiger partial charge is 0.330 e. The van der Waals surface area contributed by atoms with Crippen molar-refractivity contribution in [3.8, 4) is 5.75 Å². The molecule has 3 atom stereocenters. The van der Waals surface area contributed by atoms with Gasteiger partial charge >= 0.3 is 5.69 Å². The van der Waals surface area contributed by atoms with E-state index >= 15 is 0 Å². The standard InChI is InChI=1S/C33H46N2O6Si/c1-22(2)42(23(3)4,24(5)6)41-29-17-31(35-18-25(7)32(36)34-33(35)37)40-30(29)21-38-19-27-13-15-28(16-14-27)39-20-26-11-9-8-10-12-26/h8-16,18,22-24,29-31H,17,19-21H2,1-7H3,(H,34,36,37)/t29-,30+,31+/m0/s1. The van der Waals surface area contributed by atoms with Crippen molar-refractivity contribution in [2.75, 3.05) is 6.61 Å². The highest BCUT2D eigenvalue weighted by Crippen LogP contribution is 2.45. The van der Waals surface area contributed by atoms with Crippen molar-refractivity contribution in [2.24, 2.45) is 0 Å². The van der Waals surface area contributed by atoms with Gasteiger partial charge in [-0.15, -0.1) is 0 Å². The molecule has 1 aromatic heterocycles. The molecule has 0 aliphatic carbocycles. The molecule has 1 aliphatic heterocycles. The van der Waals surface area contributed by atoms with Crippen LogP contribution in [0.1, 0.15) is 70.9 Å². The van der Waals surface area contributed by atoms with Gasteiger partial charge in [0.2, 0.25) is 8.32 Å². The number of hydrogen-bond donors (Lipinski definition) is 1. The molecule has 0 amide bonds. The van der Waals surface area contributed by atoms with Crippen molar-refractivity contribution < 1.29 is 18.6 Å². The van der Waals surface area contributed by atoms with E-state index in [9.17, 15) is 9.59 Å². The highest BCUT2D eigenvalue weighted by molar-refractivity contribution is 6.77. The normalized spacial score (nSPS) is 19.2. The maximum atomic E-state index is 12.7. The van der Waals surface area contributed by atoms with E-state index < -0.39 is 20.2 Å². The fourth-order valence-electron chi connectivity index (χ4n) is 6.33. The van der Waals surface area contributed by atoms with Crippen LogP contribution in [0.2, 0.25) is 16.6 Å². The maximum absolute atomic E-state index is 12.7. The van der Waals surface area contributed by atoms with Gasteiger partial charge in [0.1, 0.15) is 24.7 Å². The second-order valence-corrected chi connectivity index (χ2v) is 17.7.